The van der Waals surface area contributed by atoms with Crippen molar-refractivity contribution in [3.8, 4) is 10.6 Å². The SMILES string of the molecule is O=C(Cn1nc(-c2cccs2)c2ccccc2c1=O)Nc1ccc(C(F)(F)F)cc1. The summed E-state index contributed by atoms with van der Waals surface area (Å²) >= 11 is 1.46. The third-order valence-electron chi connectivity index (χ3n) is 4.41. The largest absolute Gasteiger partial charge is 0.416 e. The molecule has 4 aromatic rings. The zero-order valence-electron chi connectivity index (χ0n) is 15.3. The average Bonchev–Trinajstić information content (AvgIpc) is 3.24. The number of amides is 1. The number of nitrogens with zero attached hydrogens (tertiary/aromatic N) is 2. The van der Waals surface area contributed by atoms with Crippen molar-refractivity contribution in [3.63, 3.8) is 0 Å². The second-order valence-electron chi connectivity index (χ2n) is 6.46. The van der Waals surface area contributed by atoms with E-state index in [1.165, 1.54) is 11.3 Å². The van der Waals surface area contributed by atoms with Gasteiger partial charge in [0.25, 0.3) is 5.56 Å². The number of thiophene rings is 1. The molecule has 9 heteroatoms. The lowest BCUT2D eigenvalue weighted by Gasteiger charge is -2.11. The Morgan fingerprint density at radius 2 is 1.70 bits per heavy atom. The first kappa shape index (κ1) is 19.8. The van der Waals surface area contributed by atoms with Gasteiger partial charge in [0, 0.05) is 11.1 Å². The number of nitrogens with one attached hydrogen (secondary N) is 1. The number of carbonyl (C=O) groups is 1. The van der Waals surface area contributed by atoms with Gasteiger partial charge in [0.05, 0.1) is 15.8 Å². The molecular weight excluding hydrogens is 415 g/mol. The number of fused-ring (bicyclic) bond motifs is 1. The van der Waals surface area contributed by atoms with Crippen LogP contribution in [0.2, 0.25) is 0 Å². The molecule has 0 aliphatic heterocycles. The summed E-state index contributed by atoms with van der Waals surface area (Å²) in [5.74, 6) is -0.572. The van der Waals surface area contributed by atoms with E-state index in [-0.39, 0.29) is 12.2 Å². The van der Waals surface area contributed by atoms with Crippen molar-refractivity contribution in [1.82, 2.24) is 9.78 Å². The van der Waals surface area contributed by atoms with Gasteiger partial charge in [0.2, 0.25) is 5.91 Å². The van der Waals surface area contributed by atoms with Crippen LogP contribution in [0.15, 0.2) is 70.8 Å². The first-order valence-electron chi connectivity index (χ1n) is 8.84. The number of carbonyl (C=O) groups excluding carboxylic acids is 1. The van der Waals surface area contributed by atoms with Crippen molar-refractivity contribution >= 4 is 33.7 Å². The number of benzene rings is 2. The normalized spacial score (nSPS) is 11.6. The Balaban J connectivity index is 1.63. The molecule has 152 valence electrons. The summed E-state index contributed by atoms with van der Waals surface area (Å²) in [6.07, 6.45) is -4.46. The van der Waals surface area contributed by atoms with Crippen LogP contribution in [-0.4, -0.2) is 15.7 Å². The maximum Gasteiger partial charge on any atom is 0.416 e. The summed E-state index contributed by atoms with van der Waals surface area (Å²) in [5.41, 5.74) is -0.454. The van der Waals surface area contributed by atoms with E-state index < -0.39 is 23.2 Å². The second kappa shape index (κ2) is 7.75. The van der Waals surface area contributed by atoms with Crippen LogP contribution in [0.1, 0.15) is 5.56 Å². The molecule has 0 saturated heterocycles. The molecule has 5 nitrogen and oxygen atoms in total. The molecule has 0 aliphatic carbocycles. The van der Waals surface area contributed by atoms with E-state index >= 15 is 0 Å². The van der Waals surface area contributed by atoms with E-state index in [0.717, 1.165) is 33.8 Å². The van der Waals surface area contributed by atoms with Crippen molar-refractivity contribution in [2.75, 3.05) is 5.32 Å². The minimum Gasteiger partial charge on any atom is -0.324 e. The Labute approximate surface area is 172 Å². The number of alkyl halides is 3. The van der Waals surface area contributed by atoms with Crippen LogP contribution in [0.3, 0.4) is 0 Å². The highest BCUT2D eigenvalue weighted by molar-refractivity contribution is 7.13. The van der Waals surface area contributed by atoms with Crippen molar-refractivity contribution < 1.29 is 18.0 Å². The van der Waals surface area contributed by atoms with Gasteiger partial charge < -0.3 is 5.32 Å². The van der Waals surface area contributed by atoms with Gasteiger partial charge >= 0.3 is 6.18 Å². The fourth-order valence-corrected chi connectivity index (χ4v) is 3.74. The van der Waals surface area contributed by atoms with Crippen molar-refractivity contribution in [2.45, 2.75) is 12.7 Å². The average molecular weight is 429 g/mol. The number of hydrogen-bond acceptors (Lipinski definition) is 4. The Hall–Kier alpha value is -3.46. The summed E-state index contributed by atoms with van der Waals surface area (Å²) in [5, 5.41) is 9.87. The second-order valence-corrected chi connectivity index (χ2v) is 7.41. The van der Waals surface area contributed by atoms with Gasteiger partial charge in [-0.2, -0.15) is 18.3 Å². The summed E-state index contributed by atoms with van der Waals surface area (Å²) in [7, 11) is 0. The highest BCUT2D eigenvalue weighted by atomic mass is 32.1. The third kappa shape index (κ3) is 3.97. The Bertz CT molecular complexity index is 1260. The lowest BCUT2D eigenvalue weighted by atomic mass is 10.1. The van der Waals surface area contributed by atoms with Gasteiger partial charge in [0.1, 0.15) is 12.2 Å². The van der Waals surface area contributed by atoms with E-state index in [1.807, 2.05) is 23.6 Å². The molecule has 0 unspecified atom stereocenters. The first-order chi connectivity index (χ1) is 14.3. The highest BCUT2D eigenvalue weighted by Gasteiger charge is 2.30. The molecule has 30 heavy (non-hydrogen) atoms. The number of halogens is 3. The maximum atomic E-state index is 12.8. The Morgan fingerprint density at radius 1 is 1.00 bits per heavy atom. The lowest BCUT2D eigenvalue weighted by molar-refractivity contribution is -0.137. The van der Waals surface area contributed by atoms with Crippen LogP contribution >= 0.6 is 11.3 Å². The van der Waals surface area contributed by atoms with E-state index in [1.54, 1.807) is 18.2 Å². The number of anilines is 1. The van der Waals surface area contributed by atoms with Crippen LogP contribution in [0, 0.1) is 0 Å². The Morgan fingerprint density at radius 3 is 2.33 bits per heavy atom. The molecule has 2 heterocycles. The summed E-state index contributed by atoms with van der Waals surface area (Å²) < 4.78 is 39.1. The molecule has 0 radical (unpaired) electrons. The molecule has 0 bridgehead atoms. The third-order valence-corrected chi connectivity index (χ3v) is 5.29. The van der Waals surface area contributed by atoms with E-state index in [0.29, 0.717) is 16.5 Å². The summed E-state index contributed by atoms with van der Waals surface area (Å²) in [4.78, 5) is 26.1. The highest BCUT2D eigenvalue weighted by Crippen LogP contribution is 2.30. The topological polar surface area (TPSA) is 64.0 Å². The van der Waals surface area contributed by atoms with Gasteiger partial charge in [-0.3, -0.25) is 9.59 Å². The van der Waals surface area contributed by atoms with E-state index in [4.69, 9.17) is 0 Å². The number of hydrogen-bond donors (Lipinski definition) is 1. The van der Waals surface area contributed by atoms with Crippen LogP contribution in [-0.2, 0) is 17.5 Å². The molecule has 1 amide bonds. The molecule has 2 aromatic heterocycles. The quantitative estimate of drug-likeness (QED) is 0.508. The minimum absolute atomic E-state index is 0.195. The molecular formula is C21H14F3N3O2S. The predicted molar refractivity (Wildman–Crippen MR) is 109 cm³/mol. The molecule has 0 saturated carbocycles. The smallest absolute Gasteiger partial charge is 0.324 e. The van der Waals surface area contributed by atoms with Gasteiger partial charge in [-0.1, -0.05) is 24.3 Å². The van der Waals surface area contributed by atoms with Gasteiger partial charge in [0.15, 0.2) is 0 Å². The zero-order valence-corrected chi connectivity index (χ0v) is 16.1. The molecule has 0 spiro atoms. The zero-order chi connectivity index (χ0) is 21.3. The predicted octanol–water partition coefficient (Wildman–Crippen LogP) is 4.78. The van der Waals surface area contributed by atoms with Gasteiger partial charge in [-0.15, -0.1) is 11.3 Å². The number of aromatic nitrogens is 2. The summed E-state index contributed by atoms with van der Waals surface area (Å²) in [6, 6.07) is 14.8. The molecule has 4 rings (SSSR count). The molecule has 0 fully saturated rings. The van der Waals surface area contributed by atoms with Crippen molar-refractivity contribution in [2.24, 2.45) is 0 Å². The molecule has 0 atom stereocenters. The lowest BCUT2D eigenvalue weighted by Crippen LogP contribution is -2.30. The van der Waals surface area contributed by atoms with Crippen LogP contribution in [0.5, 0.6) is 0 Å². The van der Waals surface area contributed by atoms with Crippen molar-refractivity contribution in [3.05, 3.63) is 82.0 Å². The Kier molecular flexibility index (Phi) is 5.13. The fraction of sp³-hybridized carbons (Fsp3) is 0.0952. The minimum atomic E-state index is -4.46. The first-order valence-corrected chi connectivity index (χ1v) is 9.72. The van der Waals surface area contributed by atoms with Gasteiger partial charge in [-0.05, 0) is 41.8 Å². The van der Waals surface area contributed by atoms with Gasteiger partial charge in [-0.25, -0.2) is 4.68 Å². The molecule has 2 aromatic carbocycles. The fourth-order valence-electron chi connectivity index (χ4n) is 3.02. The van der Waals surface area contributed by atoms with E-state index in [9.17, 15) is 22.8 Å². The monoisotopic (exact) mass is 429 g/mol. The van der Waals surface area contributed by atoms with Crippen LogP contribution in [0.25, 0.3) is 21.3 Å². The standard InChI is InChI=1S/C21H14F3N3O2S/c22-21(23,24)13-7-9-14(10-8-13)25-18(28)12-27-20(29)16-5-2-1-4-15(16)19(26-27)17-6-3-11-30-17/h1-11H,12H2,(H,25,28). The van der Waals surface area contributed by atoms with Crippen molar-refractivity contribution in [1.29, 1.82) is 0 Å². The number of rotatable bonds is 4. The van der Waals surface area contributed by atoms with E-state index in [2.05, 4.69) is 10.4 Å². The van der Waals surface area contributed by atoms with Crippen LogP contribution < -0.4 is 10.9 Å². The molecule has 1 N–H and O–H groups in total. The summed E-state index contributed by atoms with van der Waals surface area (Å²) in [6.45, 7) is -0.372. The van der Waals surface area contributed by atoms with Crippen LogP contribution in [0.4, 0.5) is 18.9 Å². The maximum absolute atomic E-state index is 12.8. The molecule has 0 aliphatic rings.